The first kappa shape index (κ1) is 8.98. The number of hydrogen-bond donors (Lipinski definition) is 0. The summed E-state index contributed by atoms with van der Waals surface area (Å²) in [7, 11) is 0. The van der Waals surface area contributed by atoms with Crippen molar-refractivity contribution in [3.63, 3.8) is 0 Å². The lowest BCUT2D eigenvalue weighted by Gasteiger charge is -2.25. The van der Waals surface area contributed by atoms with E-state index in [0.717, 1.165) is 13.1 Å². The van der Waals surface area contributed by atoms with Gasteiger partial charge in [-0.05, 0) is 67.8 Å². The lowest BCUT2D eigenvalue weighted by Crippen LogP contribution is -2.30. The van der Waals surface area contributed by atoms with Gasteiger partial charge >= 0.3 is 0 Å². The molecule has 0 aromatic carbocycles. The van der Waals surface area contributed by atoms with Crippen LogP contribution in [0.2, 0.25) is 0 Å². The zero-order valence-electron chi connectivity index (χ0n) is 4.65. The molecule has 0 fully saturated rings. The summed E-state index contributed by atoms with van der Waals surface area (Å²) in [6.07, 6.45) is 4.43. The Morgan fingerprint density at radius 3 is 1.78 bits per heavy atom. The van der Waals surface area contributed by atoms with Gasteiger partial charge in [0.25, 0.3) is 0 Å². The number of hydrogen-bond acceptors (Lipinski definition) is 1. The van der Waals surface area contributed by atoms with Crippen molar-refractivity contribution < 1.29 is 0 Å². The van der Waals surface area contributed by atoms with E-state index < -0.39 is 0 Å². The van der Waals surface area contributed by atoms with Crippen molar-refractivity contribution in [3.8, 4) is 0 Å². The van der Waals surface area contributed by atoms with Gasteiger partial charge in [-0.2, -0.15) is 0 Å². The molecule has 0 unspecified atom stereocenters. The summed E-state index contributed by atoms with van der Waals surface area (Å²) in [6.45, 7) is 2.21. The molecule has 0 aliphatic carbocycles. The fourth-order valence-corrected chi connectivity index (χ4v) is 1.87. The van der Waals surface area contributed by atoms with E-state index in [0.29, 0.717) is 0 Å². The van der Waals surface area contributed by atoms with Crippen LogP contribution in [0.1, 0.15) is 0 Å². The number of rotatable bonds is 1. The first-order valence-electron chi connectivity index (χ1n) is 2.57. The van der Waals surface area contributed by atoms with Crippen LogP contribution < -0.4 is 0 Å². The molecule has 0 spiro atoms. The Balaban J connectivity index is 2.46. The summed E-state index contributed by atoms with van der Waals surface area (Å²) in [6, 6.07) is 0. The Bertz CT molecular complexity index is 119. The molecule has 1 rings (SSSR count). The molecular formula is C5H6I3N. The maximum atomic E-state index is 2.44. The van der Waals surface area contributed by atoms with Crippen molar-refractivity contribution >= 4 is 67.8 Å². The second-order valence-corrected chi connectivity index (χ2v) is 12.7. The zero-order chi connectivity index (χ0) is 6.91. The Labute approximate surface area is 96.0 Å². The van der Waals surface area contributed by atoms with Crippen LogP contribution in [0.15, 0.2) is 12.2 Å². The molecule has 0 N–H and O–H groups in total. The van der Waals surface area contributed by atoms with Crippen molar-refractivity contribution in [1.82, 2.24) is 4.90 Å². The third-order valence-electron chi connectivity index (χ3n) is 1.18. The minimum atomic E-state index is 0.261. The van der Waals surface area contributed by atoms with Gasteiger partial charge in [-0.1, -0.05) is 12.2 Å². The SMILES string of the molecule is IC(I)(I)N1CC=CC1. The summed E-state index contributed by atoms with van der Waals surface area (Å²) < 4.78 is 0.261. The van der Waals surface area contributed by atoms with Crippen molar-refractivity contribution in [2.45, 2.75) is -0.441 Å². The largest absolute Gasteiger partial charge is 0.265 e. The van der Waals surface area contributed by atoms with Gasteiger partial charge in [0.15, 0.2) is -0.441 Å². The topological polar surface area (TPSA) is 3.24 Å². The van der Waals surface area contributed by atoms with Gasteiger partial charge in [0.05, 0.1) is 0 Å². The van der Waals surface area contributed by atoms with E-state index in [2.05, 4.69) is 84.8 Å². The minimum Gasteiger partial charge on any atom is -0.265 e. The van der Waals surface area contributed by atoms with Gasteiger partial charge in [-0.15, -0.1) is 0 Å². The molecular weight excluding hydrogens is 455 g/mol. The van der Waals surface area contributed by atoms with Gasteiger partial charge in [-0.25, -0.2) is 0 Å². The summed E-state index contributed by atoms with van der Waals surface area (Å²) in [4.78, 5) is 2.40. The quantitative estimate of drug-likeness (QED) is 0.252. The fourth-order valence-electron chi connectivity index (χ4n) is 0.685. The van der Waals surface area contributed by atoms with Crippen LogP contribution in [0.25, 0.3) is 0 Å². The number of halogens is 3. The number of nitrogens with zero attached hydrogens (tertiary/aromatic N) is 1. The highest BCUT2D eigenvalue weighted by Crippen LogP contribution is 2.39. The average Bonchev–Trinajstić information content (AvgIpc) is 2.08. The van der Waals surface area contributed by atoms with Crippen molar-refractivity contribution in [1.29, 1.82) is 0 Å². The van der Waals surface area contributed by atoms with Crippen LogP contribution in [-0.2, 0) is 0 Å². The first-order chi connectivity index (χ1) is 4.11. The molecule has 9 heavy (non-hydrogen) atoms. The van der Waals surface area contributed by atoms with Crippen molar-refractivity contribution in [2.24, 2.45) is 0 Å². The van der Waals surface area contributed by atoms with Crippen LogP contribution in [0.5, 0.6) is 0 Å². The maximum absolute atomic E-state index is 2.44. The smallest absolute Gasteiger partial charge is 0.176 e. The Kier molecular flexibility index (Phi) is 3.52. The maximum Gasteiger partial charge on any atom is 0.176 e. The molecule has 0 atom stereocenters. The molecule has 0 saturated carbocycles. The highest BCUT2D eigenvalue weighted by atomic mass is 127. The molecule has 1 heterocycles. The van der Waals surface area contributed by atoms with E-state index in [1.54, 1.807) is 0 Å². The van der Waals surface area contributed by atoms with Crippen LogP contribution >= 0.6 is 67.8 Å². The Morgan fingerprint density at radius 2 is 1.56 bits per heavy atom. The van der Waals surface area contributed by atoms with E-state index in [1.807, 2.05) is 0 Å². The second-order valence-electron chi connectivity index (χ2n) is 1.84. The minimum absolute atomic E-state index is 0.261. The van der Waals surface area contributed by atoms with E-state index in [-0.39, 0.29) is -0.441 Å². The highest BCUT2D eigenvalue weighted by Gasteiger charge is 2.26. The molecule has 0 amide bonds. The molecule has 1 nitrogen and oxygen atoms in total. The van der Waals surface area contributed by atoms with Gasteiger partial charge in [0.2, 0.25) is 0 Å². The molecule has 52 valence electrons. The summed E-state index contributed by atoms with van der Waals surface area (Å²) in [5.74, 6) is 0. The summed E-state index contributed by atoms with van der Waals surface area (Å²) >= 11 is 7.31. The third-order valence-corrected chi connectivity index (χ3v) is 3.22. The normalized spacial score (nSPS) is 21.2. The van der Waals surface area contributed by atoms with E-state index in [1.165, 1.54) is 0 Å². The molecule has 0 aromatic heterocycles. The Morgan fingerprint density at radius 1 is 1.11 bits per heavy atom. The lowest BCUT2D eigenvalue weighted by molar-refractivity contribution is 0.406. The molecule has 1 aliphatic rings. The molecule has 0 bridgehead atoms. The Hall–Kier alpha value is 1.89. The van der Waals surface area contributed by atoms with Gasteiger partial charge in [-0.3, -0.25) is 4.90 Å². The monoisotopic (exact) mass is 461 g/mol. The molecule has 1 aliphatic heterocycles. The van der Waals surface area contributed by atoms with Crippen LogP contribution in [-0.4, -0.2) is 17.5 Å². The zero-order valence-corrected chi connectivity index (χ0v) is 11.1. The predicted octanol–water partition coefficient (Wildman–Crippen LogP) is 2.77. The summed E-state index contributed by atoms with van der Waals surface area (Å²) in [5, 5.41) is 0. The van der Waals surface area contributed by atoms with Gasteiger partial charge in [0, 0.05) is 13.1 Å². The van der Waals surface area contributed by atoms with Crippen molar-refractivity contribution in [3.05, 3.63) is 12.2 Å². The number of alkyl halides is 3. The lowest BCUT2D eigenvalue weighted by atomic mass is 10.6. The van der Waals surface area contributed by atoms with E-state index >= 15 is 0 Å². The molecule has 0 radical (unpaired) electrons. The standard InChI is InChI=1S/C5H6I3N/c6-5(7,8)9-3-1-2-4-9/h1-2H,3-4H2. The third kappa shape index (κ3) is 2.78. The average molecular weight is 461 g/mol. The van der Waals surface area contributed by atoms with Crippen LogP contribution in [0, 0.1) is 0 Å². The van der Waals surface area contributed by atoms with Gasteiger partial charge in [0.1, 0.15) is 0 Å². The molecule has 0 saturated heterocycles. The van der Waals surface area contributed by atoms with Gasteiger partial charge < -0.3 is 0 Å². The predicted molar refractivity (Wildman–Crippen MR) is 65.5 cm³/mol. The van der Waals surface area contributed by atoms with Crippen LogP contribution in [0.4, 0.5) is 0 Å². The highest BCUT2D eigenvalue weighted by molar-refractivity contribution is 14.3. The van der Waals surface area contributed by atoms with E-state index in [4.69, 9.17) is 0 Å². The van der Waals surface area contributed by atoms with E-state index in [9.17, 15) is 0 Å². The van der Waals surface area contributed by atoms with Crippen LogP contribution in [0.3, 0.4) is 0 Å². The van der Waals surface area contributed by atoms with Crippen molar-refractivity contribution in [2.75, 3.05) is 13.1 Å². The fraction of sp³-hybridized carbons (Fsp3) is 0.600. The second kappa shape index (κ2) is 3.53. The molecule has 0 aromatic rings. The first-order valence-corrected chi connectivity index (χ1v) is 5.81. The summed E-state index contributed by atoms with van der Waals surface area (Å²) in [5.41, 5.74) is 0. The molecule has 4 heteroatoms.